The van der Waals surface area contributed by atoms with Crippen LogP contribution in [0.25, 0.3) is 0 Å². The number of methoxy groups -OCH3 is 1. The number of hydrogen-bond donors (Lipinski definition) is 1. The molecule has 39 heavy (non-hydrogen) atoms. The summed E-state index contributed by atoms with van der Waals surface area (Å²) in [5, 5.41) is 0. The molecule has 3 aromatic rings. The van der Waals surface area contributed by atoms with Crippen LogP contribution in [0.15, 0.2) is 70.5 Å². The quantitative estimate of drug-likeness (QED) is 0.233. The van der Waals surface area contributed by atoms with Crippen molar-refractivity contribution >= 4 is 35.0 Å². The summed E-state index contributed by atoms with van der Waals surface area (Å²) in [5.41, 5.74) is 7.65. The minimum absolute atomic E-state index is 0.00885. The lowest BCUT2D eigenvalue weighted by Gasteiger charge is -2.41. The second-order valence-electron chi connectivity index (χ2n) is 10.7. The summed E-state index contributed by atoms with van der Waals surface area (Å²) in [5.74, 6) is -0.0416. The molecule has 0 amide bonds. The first-order valence-corrected chi connectivity index (χ1v) is 14.4. The molecular weight excluding hydrogens is 510 g/mol. The van der Waals surface area contributed by atoms with E-state index in [9.17, 15) is 14.4 Å². The first kappa shape index (κ1) is 25.8. The summed E-state index contributed by atoms with van der Waals surface area (Å²) in [6.07, 6.45) is 5.93. The number of hydrogen-bond acceptors (Lipinski definition) is 7. The van der Waals surface area contributed by atoms with Gasteiger partial charge in [0.1, 0.15) is 6.10 Å². The van der Waals surface area contributed by atoms with Gasteiger partial charge in [-0.2, -0.15) is 0 Å². The molecular formula is C32H31NO5S. The van der Waals surface area contributed by atoms with Gasteiger partial charge in [-0.25, -0.2) is 4.79 Å². The van der Waals surface area contributed by atoms with Gasteiger partial charge in [0.25, 0.3) is 0 Å². The van der Waals surface area contributed by atoms with E-state index in [1.807, 2.05) is 30.3 Å². The lowest BCUT2D eigenvalue weighted by molar-refractivity contribution is -0.0274. The van der Waals surface area contributed by atoms with Crippen LogP contribution < -0.4 is 5.73 Å². The van der Waals surface area contributed by atoms with Crippen molar-refractivity contribution in [3.05, 3.63) is 88.5 Å². The summed E-state index contributed by atoms with van der Waals surface area (Å²) in [6, 6.07) is 17.9. The van der Waals surface area contributed by atoms with Crippen molar-refractivity contribution in [1.29, 1.82) is 0 Å². The number of carbonyl (C=O) groups excluding carboxylic acids is 3. The third kappa shape index (κ3) is 4.79. The smallest absolute Gasteiger partial charge is 0.340 e. The number of nitrogens with two attached hydrogens (primary N) is 1. The van der Waals surface area contributed by atoms with Crippen molar-refractivity contribution in [2.45, 2.75) is 60.5 Å². The van der Waals surface area contributed by atoms with E-state index in [1.165, 1.54) is 11.8 Å². The molecule has 2 N–H and O–H groups in total. The van der Waals surface area contributed by atoms with Crippen molar-refractivity contribution < 1.29 is 23.9 Å². The van der Waals surface area contributed by atoms with Crippen LogP contribution in [0.2, 0.25) is 0 Å². The highest BCUT2D eigenvalue weighted by atomic mass is 32.2. The molecule has 0 heterocycles. The average Bonchev–Trinajstić information content (AvgIpc) is 2.96. The van der Waals surface area contributed by atoms with Crippen LogP contribution in [-0.2, 0) is 9.47 Å². The Morgan fingerprint density at radius 1 is 0.821 bits per heavy atom. The van der Waals surface area contributed by atoms with Crippen molar-refractivity contribution in [3.8, 4) is 0 Å². The van der Waals surface area contributed by atoms with Crippen LogP contribution in [0.4, 0.5) is 5.69 Å². The zero-order valence-corrected chi connectivity index (χ0v) is 22.7. The highest BCUT2D eigenvalue weighted by Gasteiger charge is 2.39. The lowest BCUT2D eigenvalue weighted by Crippen LogP contribution is -2.37. The van der Waals surface area contributed by atoms with Crippen LogP contribution in [0.5, 0.6) is 0 Å². The average molecular weight is 542 g/mol. The highest BCUT2D eigenvalue weighted by molar-refractivity contribution is 7.99. The fraction of sp³-hybridized carbons (Fsp3) is 0.344. The molecule has 0 radical (unpaired) electrons. The highest BCUT2D eigenvalue weighted by Crippen LogP contribution is 2.44. The van der Waals surface area contributed by atoms with E-state index in [0.717, 1.165) is 43.4 Å². The molecule has 6 rings (SSSR count). The van der Waals surface area contributed by atoms with E-state index in [4.69, 9.17) is 15.2 Å². The van der Waals surface area contributed by atoms with Gasteiger partial charge in [0.15, 0.2) is 11.6 Å². The Balaban J connectivity index is 1.34. The second kappa shape index (κ2) is 10.6. The molecule has 3 aliphatic rings. The molecule has 2 fully saturated rings. The van der Waals surface area contributed by atoms with Crippen LogP contribution in [0, 0.1) is 11.8 Å². The Bertz CT molecular complexity index is 1450. The minimum atomic E-state index is -0.543. The zero-order valence-electron chi connectivity index (χ0n) is 21.9. The fourth-order valence-electron chi connectivity index (χ4n) is 6.49. The van der Waals surface area contributed by atoms with Gasteiger partial charge in [-0.3, -0.25) is 9.59 Å². The van der Waals surface area contributed by atoms with Crippen molar-refractivity contribution in [3.63, 3.8) is 0 Å². The molecule has 7 heteroatoms. The minimum Gasteiger partial charge on any atom is -0.459 e. The van der Waals surface area contributed by atoms with Crippen molar-refractivity contribution in [2.24, 2.45) is 11.8 Å². The molecule has 200 valence electrons. The molecule has 4 atom stereocenters. The summed E-state index contributed by atoms with van der Waals surface area (Å²) < 4.78 is 11.6. The van der Waals surface area contributed by atoms with Gasteiger partial charge in [-0.15, -0.1) is 0 Å². The van der Waals surface area contributed by atoms with Gasteiger partial charge in [-0.1, -0.05) is 54.2 Å². The number of benzene rings is 3. The Labute approximate surface area is 232 Å². The van der Waals surface area contributed by atoms with Gasteiger partial charge in [-0.05, 0) is 68.6 Å². The third-order valence-corrected chi connectivity index (χ3v) is 9.57. The molecule has 3 aromatic carbocycles. The van der Waals surface area contributed by atoms with Gasteiger partial charge in [0.05, 0.1) is 22.9 Å². The van der Waals surface area contributed by atoms with E-state index >= 15 is 0 Å². The number of esters is 1. The van der Waals surface area contributed by atoms with Crippen molar-refractivity contribution in [1.82, 2.24) is 0 Å². The summed E-state index contributed by atoms with van der Waals surface area (Å²) >= 11 is 1.34. The van der Waals surface area contributed by atoms with E-state index < -0.39 is 5.97 Å². The maximum atomic E-state index is 13.6. The predicted octanol–water partition coefficient (Wildman–Crippen LogP) is 6.34. The van der Waals surface area contributed by atoms with Crippen LogP contribution >= 0.6 is 11.8 Å². The first-order valence-electron chi connectivity index (χ1n) is 13.6. The predicted molar refractivity (Wildman–Crippen MR) is 149 cm³/mol. The molecule has 0 spiro atoms. The number of fused-ring (bicyclic) bond motifs is 3. The summed E-state index contributed by atoms with van der Waals surface area (Å²) in [7, 11) is 1.78. The van der Waals surface area contributed by atoms with Gasteiger partial charge in [0, 0.05) is 33.6 Å². The van der Waals surface area contributed by atoms with Crippen LogP contribution in [0.3, 0.4) is 0 Å². The number of rotatable bonds is 5. The Morgan fingerprint density at radius 2 is 1.41 bits per heavy atom. The lowest BCUT2D eigenvalue weighted by atomic mass is 9.69. The Morgan fingerprint density at radius 3 is 2.08 bits per heavy atom. The van der Waals surface area contributed by atoms with E-state index in [2.05, 4.69) is 0 Å². The van der Waals surface area contributed by atoms with E-state index in [0.29, 0.717) is 34.0 Å². The molecule has 0 bridgehead atoms. The largest absolute Gasteiger partial charge is 0.459 e. The van der Waals surface area contributed by atoms with Gasteiger partial charge < -0.3 is 15.2 Å². The van der Waals surface area contributed by atoms with Gasteiger partial charge >= 0.3 is 5.97 Å². The first-order chi connectivity index (χ1) is 18.9. The molecule has 0 saturated heterocycles. The van der Waals surface area contributed by atoms with E-state index in [-0.39, 0.29) is 40.0 Å². The summed E-state index contributed by atoms with van der Waals surface area (Å²) in [6.45, 7) is 0. The molecule has 2 saturated carbocycles. The molecule has 4 unspecified atom stereocenters. The monoisotopic (exact) mass is 541 g/mol. The fourth-order valence-corrected chi connectivity index (χ4v) is 7.51. The number of nitrogen functional groups attached to an aromatic ring is 1. The second-order valence-corrected chi connectivity index (χ2v) is 11.9. The SMILES string of the molecule is COC1CCC2CC(OC(=O)c3cc(Sc4ccccc4)c4c(c3N)C(=O)c3ccccc3C4=O)CCC2C1. The normalized spacial score (nSPS) is 23.9. The number of ether oxygens (including phenoxy) is 2. The van der Waals surface area contributed by atoms with Crippen molar-refractivity contribution in [2.75, 3.05) is 12.8 Å². The third-order valence-electron chi connectivity index (χ3n) is 8.52. The Hall–Kier alpha value is -3.42. The number of ketones is 2. The van der Waals surface area contributed by atoms with Crippen LogP contribution in [0.1, 0.15) is 80.7 Å². The van der Waals surface area contributed by atoms with E-state index in [1.54, 1.807) is 37.4 Å². The topological polar surface area (TPSA) is 95.7 Å². The molecule has 0 aliphatic heterocycles. The standard InChI is InChI=1S/C32H31NO5S/c1-37-20-13-11-19-16-21(14-12-18(19)15-20)38-32(36)25-17-26(39-22-7-3-2-4-8-22)27-28(29(25)33)31(35)24-10-6-5-9-23(24)30(27)34/h2-10,17-21H,11-16,33H2,1H3. The number of anilines is 1. The summed E-state index contributed by atoms with van der Waals surface area (Å²) in [4.78, 5) is 42.3. The molecule has 0 aromatic heterocycles. The molecule has 6 nitrogen and oxygen atoms in total. The number of carbonyl (C=O) groups is 3. The van der Waals surface area contributed by atoms with Gasteiger partial charge in [0.2, 0.25) is 0 Å². The Kier molecular flexibility index (Phi) is 7.04. The maximum Gasteiger partial charge on any atom is 0.340 e. The maximum absolute atomic E-state index is 13.6. The zero-order chi connectivity index (χ0) is 27.1. The van der Waals surface area contributed by atoms with Crippen LogP contribution in [-0.4, -0.2) is 36.9 Å². The molecule has 3 aliphatic carbocycles.